The number of likely N-dealkylation sites (tertiary alicyclic amines) is 1. The summed E-state index contributed by atoms with van der Waals surface area (Å²) in [6.45, 7) is 5.52. The minimum absolute atomic E-state index is 0.0185. The number of methoxy groups -OCH3 is 1. The van der Waals surface area contributed by atoms with Crippen LogP contribution in [0.25, 0.3) is 0 Å². The molecule has 2 aliphatic carbocycles. The van der Waals surface area contributed by atoms with E-state index in [9.17, 15) is 19.5 Å². The molecule has 0 unspecified atom stereocenters. The van der Waals surface area contributed by atoms with Crippen molar-refractivity contribution < 1.29 is 29.0 Å². The van der Waals surface area contributed by atoms with Gasteiger partial charge >= 0.3 is 0 Å². The van der Waals surface area contributed by atoms with E-state index in [1.54, 1.807) is 36.4 Å². The molecule has 4 aliphatic rings. The van der Waals surface area contributed by atoms with Crippen LogP contribution in [0.3, 0.4) is 0 Å². The molecule has 2 aliphatic heterocycles. The van der Waals surface area contributed by atoms with Gasteiger partial charge in [0.05, 0.1) is 41.0 Å². The van der Waals surface area contributed by atoms with Gasteiger partial charge in [-0.2, -0.15) is 0 Å². The molecule has 4 amide bonds. The van der Waals surface area contributed by atoms with E-state index in [4.69, 9.17) is 27.9 Å². The van der Waals surface area contributed by atoms with Gasteiger partial charge in [-0.25, -0.2) is 4.90 Å². The van der Waals surface area contributed by atoms with Gasteiger partial charge in [0.1, 0.15) is 0 Å². The van der Waals surface area contributed by atoms with E-state index < -0.39 is 52.4 Å². The van der Waals surface area contributed by atoms with Crippen molar-refractivity contribution in [3.63, 3.8) is 0 Å². The SMILES string of the molecule is COc1cc([C@H]2C3=CC[C@@H]4C(=O)N(C(C)(C)C)C(=O)[C@@H]4[C@@H]3C[C@H]3C(=O)N(c4cccc(Cl)c4)C(=O)[C@@]23c2ccccc2)cc(Cl)c1O. The maximum atomic E-state index is 15.3. The normalized spacial score (nSPS) is 28.6. The van der Waals surface area contributed by atoms with Gasteiger partial charge in [0.15, 0.2) is 11.5 Å². The fourth-order valence-corrected chi connectivity index (χ4v) is 9.10. The third-order valence-corrected chi connectivity index (χ3v) is 11.0. The molecule has 8 nitrogen and oxygen atoms in total. The molecule has 6 atom stereocenters. The molecule has 47 heavy (non-hydrogen) atoms. The number of carbonyl (C=O) groups is 4. The second-order valence-electron chi connectivity index (χ2n) is 13.8. The first kappa shape index (κ1) is 31.5. The molecule has 7 rings (SSSR count). The van der Waals surface area contributed by atoms with Crippen molar-refractivity contribution in [2.45, 2.75) is 50.5 Å². The first-order valence-electron chi connectivity index (χ1n) is 15.7. The van der Waals surface area contributed by atoms with Gasteiger partial charge in [-0.1, -0.05) is 71.2 Å². The summed E-state index contributed by atoms with van der Waals surface area (Å²) in [5.41, 5.74) is 0.128. The van der Waals surface area contributed by atoms with Crippen LogP contribution < -0.4 is 9.64 Å². The highest BCUT2D eigenvalue weighted by molar-refractivity contribution is 6.33. The topological polar surface area (TPSA) is 104 Å². The quantitative estimate of drug-likeness (QED) is 0.245. The third kappa shape index (κ3) is 4.41. The van der Waals surface area contributed by atoms with Crippen LogP contribution in [0.1, 0.15) is 50.7 Å². The Bertz CT molecular complexity index is 1880. The Morgan fingerprint density at radius 1 is 0.894 bits per heavy atom. The number of hydrogen-bond acceptors (Lipinski definition) is 6. The van der Waals surface area contributed by atoms with E-state index in [2.05, 4.69) is 0 Å². The van der Waals surface area contributed by atoms with Gasteiger partial charge in [-0.05, 0) is 81.0 Å². The molecule has 242 valence electrons. The number of fused-ring (bicyclic) bond motifs is 4. The van der Waals surface area contributed by atoms with Gasteiger partial charge in [-0.3, -0.25) is 24.1 Å². The van der Waals surface area contributed by atoms with Crippen LogP contribution in [-0.2, 0) is 24.6 Å². The highest BCUT2D eigenvalue weighted by atomic mass is 35.5. The van der Waals surface area contributed by atoms with Crippen molar-refractivity contribution in [1.82, 2.24) is 4.90 Å². The van der Waals surface area contributed by atoms with Gasteiger partial charge in [0, 0.05) is 16.5 Å². The molecule has 3 aromatic rings. The van der Waals surface area contributed by atoms with Crippen molar-refractivity contribution in [3.8, 4) is 11.5 Å². The van der Waals surface area contributed by atoms with Gasteiger partial charge in [-0.15, -0.1) is 0 Å². The zero-order valence-electron chi connectivity index (χ0n) is 26.4. The average molecular weight is 674 g/mol. The van der Waals surface area contributed by atoms with Crippen molar-refractivity contribution in [2.75, 3.05) is 12.0 Å². The second-order valence-corrected chi connectivity index (χ2v) is 14.7. The number of benzene rings is 3. The summed E-state index contributed by atoms with van der Waals surface area (Å²) < 4.78 is 5.51. The first-order valence-corrected chi connectivity index (χ1v) is 16.4. The number of ether oxygens (including phenoxy) is 1. The molecule has 10 heteroatoms. The summed E-state index contributed by atoms with van der Waals surface area (Å²) in [6, 6.07) is 19.1. The van der Waals surface area contributed by atoms with Crippen LogP contribution in [0.15, 0.2) is 78.4 Å². The van der Waals surface area contributed by atoms with Crippen LogP contribution in [-0.4, -0.2) is 46.3 Å². The van der Waals surface area contributed by atoms with Crippen molar-refractivity contribution >= 4 is 52.5 Å². The molecular formula is C37H34Cl2N2O6. The number of imide groups is 2. The summed E-state index contributed by atoms with van der Waals surface area (Å²) >= 11 is 13.0. The number of carbonyl (C=O) groups excluding carboxylic acids is 4. The lowest BCUT2D eigenvalue weighted by Crippen LogP contribution is -2.53. The van der Waals surface area contributed by atoms with Crippen molar-refractivity contribution in [1.29, 1.82) is 0 Å². The molecular weight excluding hydrogens is 639 g/mol. The van der Waals surface area contributed by atoms with Crippen LogP contribution in [0, 0.1) is 23.7 Å². The Kier molecular flexibility index (Phi) is 7.33. The van der Waals surface area contributed by atoms with E-state index in [-0.39, 0.29) is 34.8 Å². The number of rotatable bonds is 4. The Labute approximate surface area is 282 Å². The van der Waals surface area contributed by atoms with Crippen LogP contribution in [0.5, 0.6) is 11.5 Å². The lowest BCUT2D eigenvalue weighted by molar-refractivity contribution is -0.145. The maximum absolute atomic E-state index is 15.3. The number of nitrogens with zero attached hydrogens (tertiary/aromatic N) is 2. The Hall–Kier alpha value is -4.14. The molecule has 0 aromatic heterocycles. The Morgan fingerprint density at radius 2 is 1.62 bits per heavy atom. The Morgan fingerprint density at radius 3 is 2.28 bits per heavy atom. The molecule has 2 heterocycles. The van der Waals surface area contributed by atoms with Gasteiger partial charge < -0.3 is 9.84 Å². The molecule has 0 spiro atoms. The fraction of sp³-hybridized carbons (Fsp3) is 0.351. The largest absolute Gasteiger partial charge is 0.503 e. The van der Waals surface area contributed by atoms with E-state index in [0.29, 0.717) is 28.3 Å². The summed E-state index contributed by atoms with van der Waals surface area (Å²) in [5, 5.41) is 11.1. The second kappa shape index (κ2) is 11.0. The van der Waals surface area contributed by atoms with E-state index in [1.165, 1.54) is 16.9 Å². The lowest BCUT2D eigenvalue weighted by Gasteiger charge is -2.50. The van der Waals surface area contributed by atoms with Gasteiger partial charge in [0.2, 0.25) is 23.6 Å². The zero-order valence-corrected chi connectivity index (χ0v) is 27.9. The summed E-state index contributed by atoms with van der Waals surface area (Å²) in [4.78, 5) is 60.6. The molecule has 2 saturated heterocycles. The fourth-order valence-electron chi connectivity index (χ4n) is 8.70. The first-order chi connectivity index (χ1) is 22.3. The third-order valence-electron chi connectivity index (χ3n) is 10.4. The summed E-state index contributed by atoms with van der Waals surface area (Å²) in [6.07, 6.45) is 2.48. The molecule has 1 saturated carbocycles. The average Bonchev–Trinajstić information content (AvgIpc) is 3.43. The molecule has 3 fully saturated rings. The van der Waals surface area contributed by atoms with Crippen molar-refractivity contribution in [2.24, 2.45) is 23.7 Å². The number of hydrogen-bond donors (Lipinski definition) is 1. The number of halogens is 2. The molecule has 0 bridgehead atoms. The highest BCUT2D eigenvalue weighted by Gasteiger charge is 2.70. The minimum atomic E-state index is -1.46. The minimum Gasteiger partial charge on any atom is -0.503 e. The number of aromatic hydroxyl groups is 1. The van der Waals surface area contributed by atoms with E-state index in [0.717, 1.165) is 5.57 Å². The van der Waals surface area contributed by atoms with Gasteiger partial charge in [0.25, 0.3) is 0 Å². The monoisotopic (exact) mass is 672 g/mol. The summed E-state index contributed by atoms with van der Waals surface area (Å²) in [7, 11) is 1.41. The highest BCUT2D eigenvalue weighted by Crippen LogP contribution is 2.65. The lowest BCUT2D eigenvalue weighted by atomic mass is 9.49. The zero-order chi connectivity index (χ0) is 33.6. The number of anilines is 1. The van der Waals surface area contributed by atoms with E-state index >= 15 is 4.79 Å². The number of amides is 4. The van der Waals surface area contributed by atoms with E-state index in [1.807, 2.05) is 57.2 Å². The van der Waals surface area contributed by atoms with Crippen LogP contribution in [0.4, 0.5) is 5.69 Å². The van der Waals surface area contributed by atoms with Crippen LogP contribution in [0.2, 0.25) is 10.0 Å². The maximum Gasteiger partial charge on any atom is 0.246 e. The van der Waals surface area contributed by atoms with Crippen molar-refractivity contribution in [3.05, 3.63) is 99.6 Å². The molecule has 0 radical (unpaired) electrons. The number of phenolic OH excluding ortho intramolecular Hbond substituents is 1. The Balaban J connectivity index is 1.52. The van der Waals surface area contributed by atoms with Crippen LogP contribution >= 0.6 is 23.2 Å². The smallest absolute Gasteiger partial charge is 0.246 e. The predicted octanol–water partition coefficient (Wildman–Crippen LogP) is 6.67. The summed E-state index contributed by atoms with van der Waals surface area (Å²) in [5.74, 6) is -4.96. The number of phenols is 1. The molecule has 1 N–H and O–H groups in total. The predicted molar refractivity (Wildman–Crippen MR) is 177 cm³/mol. The standard InChI is InChI=1S/C37H34Cl2N2O6/c1-36(2,3)41-32(43)24-14-13-23-25(29(24)34(41)45)18-26-33(44)40(22-12-8-11-21(38)17-22)35(46)37(26,20-9-6-5-7-10-20)30(23)19-15-27(39)31(42)28(16-19)47-4/h5-13,15-17,24-26,29-30,42H,14,18H2,1-4H3/t24-,25+,26-,29-,30-,37+/m0/s1. The number of allylic oxidation sites excluding steroid dienone is 2. The molecule has 3 aromatic carbocycles.